The number of aromatic nitrogens is 1. The number of rotatable bonds is 4. The van der Waals surface area contributed by atoms with Crippen molar-refractivity contribution in [3.8, 4) is 0 Å². The molecule has 0 unspecified atom stereocenters. The zero-order valence-corrected chi connectivity index (χ0v) is 11.6. The molecule has 1 aromatic carbocycles. The standard InChI is InChI=1S/C15H18N4O/c1-11-6-3-4-7-12(11)10-19(2)15(20)13-8-5-9-14(17-13)18-16/h3-9H,10,16H2,1-2H3,(H,17,18). The number of nitrogens with zero attached hydrogens (tertiary/aromatic N) is 2. The highest BCUT2D eigenvalue weighted by molar-refractivity contribution is 5.92. The molecule has 0 bridgehead atoms. The van der Waals surface area contributed by atoms with Crippen LogP contribution < -0.4 is 11.3 Å². The maximum absolute atomic E-state index is 12.3. The second-order valence-electron chi connectivity index (χ2n) is 4.64. The number of aryl methyl sites for hydroxylation is 1. The van der Waals surface area contributed by atoms with Gasteiger partial charge in [0, 0.05) is 13.6 Å². The molecule has 2 aromatic rings. The van der Waals surface area contributed by atoms with Gasteiger partial charge in [-0.1, -0.05) is 30.3 Å². The van der Waals surface area contributed by atoms with Gasteiger partial charge in [-0.2, -0.15) is 0 Å². The van der Waals surface area contributed by atoms with E-state index in [0.717, 1.165) is 11.1 Å². The molecule has 0 atom stereocenters. The van der Waals surface area contributed by atoms with Gasteiger partial charge in [-0.05, 0) is 30.2 Å². The molecule has 104 valence electrons. The van der Waals surface area contributed by atoms with Gasteiger partial charge >= 0.3 is 0 Å². The molecule has 0 aliphatic heterocycles. The Labute approximate surface area is 118 Å². The summed E-state index contributed by atoms with van der Waals surface area (Å²) in [5, 5.41) is 0. The highest BCUT2D eigenvalue weighted by atomic mass is 16.2. The Kier molecular flexibility index (Phi) is 4.32. The van der Waals surface area contributed by atoms with Crippen LogP contribution in [0.25, 0.3) is 0 Å². The van der Waals surface area contributed by atoms with Crippen molar-refractivity contribution in [3.63, 3.8) is 0 Å². The highest BCUT2D eigenvalue weighted by Gasteiger charge is 2.14. The predicted molar refractivity (Wildman–Crippen MR) is 79.0 cm³/mol. The number of benzene rings is 1. The van der Waals surface area contributed by atoms with Crippen molar-refractivity contribution < 1.29 is 4.79 Å². The van der Waals surface area contributed by atoms with Gasteiger partial charge < -0.3 is 10.3 Å². The van der Waals surface area contributed by atoms with Crippen molar-refractivity contribution >= 4 is 11.7 Å². The zero-order chi connectivity index (χ0) is 14.5. The molecule has 0 spiro atoms. The smallest absolute Gasteiger partial charge is 0.272 e. The Bertz CT molecular complexity index is 612. The van der Waals surface area contributed by atoms with E-state index in [-0.39, 0.29) is 5.91 Å². The van der Waals surface area contributed by atoms with Gasteiger partial charge in [-0.15, -0.1) is 0 Å². The predicted octanol–water partition coefficient (Wildman–Crippen LogP) is 1.95. The molecule has 3 N–H and O–H groups in total. The summed E-state index contributed by atoms with van der Waals surface area (Å²) in [4.78, 5) is 18.1. The summed E-state index contributed by atoms with van der Waals surface area (Å²) < 4.78 is 0. The minimum absolute atomic E-state index is 0.134. The minimum atomic E-state index is -0.134. The van der Waals surface area contributed by atoms with Gasteiger partial charge in [-0.25, -0.2) is 10.8 Å². The monoisotopic (exact) mass is 270 g/mol. The largest absolute Gasteiger partial charge is 0.336 e. The summed E-state index contributed by atoms with van der Waals surface area (Å²) in [6.07, 6.45) is 0. The Morgan fingerprint density at radius 2 is 2.00 bits per heavy atom. The van der Waals surface area contributed by atoms with Crippen molar-refractivity contribution in [1.29, 1.82) is 0 Å². The van der Waals surface area contributed by atoms with Crippen LogP contribution in [0.5, 0.6) is 0 Å². The van der Waals surface area contributed by atoms with E-state index in [2.05, 4.69) is 10.4 Å². The number of carbonyl (C=O) groups excluding carboxylic acids is 1. The molecule has 0 aliphatic carbocycles. The van der Waals surface area contributed by atoms with Crippen molar-refractivity contribution in [1.82, 2.24) is 9.88 Å². The van der Waals surface area contributed by atoms with Crippen LogP contribution >= 0.6 is 0 Å². The van der Waals surface area contributed by atoms with Gasteiger partial charge in [0.05, 0.1) is 0 Å². The molecule has 0 aliphatic rings. The molecule has 5 heteroatoms. The summed E-state index contributed by atoms with van der Waals surface area (Å²) in [5.41, 5.74) is 5.10. The number of amides is 1. The number of carbonyl (C=O) groups is 1. The van der Waals surface area contributed by atoms with Gasteiger partial charge in [0.25, 0.3) is 5.91 Å². The van der Waals surface area contributed by atoms with Crippen LogP contribution in [-0.2, 0) is 6.54 Å². The van der Waals surface area contributed by atoms with Gasteiger partial charge in [0.2, 0.25) is 0 Å². The van der Waals surface area contributed by atoms with Crippen molar-refractivity contribution in [2.45, 2.75) is 13.5 Å². The Hall–Kier alpha value is -2.40. The third-order valence-electron chi connectivity index (χ3n) is 3.13. The zero-order valence-electron chi connectivity index (χ0n) is 11.6. The lowest BCUT2D eigenvalue weighted by Crippen LogP contribution is -2.27. The molecule has 5 nitrogen and oxygen atoms in total. The lowest BCUT2D eigenvalue weighted by atomic mass is 10.1. The third-order valence-corrected chi connectivity index (χ3v) is 3.13. The summed E-state index contributed by atoms with van der Waals surface area (Å²) in [5.74, 6) is 5.64. The van der Waals surface area contributed by atoms with E-state index in [4.69, 9.17) is 5.84 Å². The number of hydrogen-bond donors (Lipinski definition) is 2. The van der Waals surface area contributed by atoms with Crippen molar-refractivity contribution in [3.05, 3.63) is 59.3 Å². The van der Waals surface area contributed by atoms with Crippen LogP contribution in [0.15, 0.2) is 42.5 Å². The first kappa shape index (κ1) is 14.0. The Morgan fingerprint density at radius 1 is 1.25 bits per heavy atom. The van der Waals surface area contributed by atoms with Crippen LogP contribution in [-0.4, -0.2) is 22.8 Å². The number of anilines is 1. The van der Waals surface area contributed by atoms with Crippen LogP contribution in [0.2, 0.25) is 0 Å². The fourth-order valence-electron chi connectivity index (χ4n) is 1.94. The topological polar surface area (TPSA) is 71.2 Å². The fraction of sp³-hybridized carbons (Fsp3) is 0.200. The highest BCUT2D eigenvalue weighted by Crippen LogP contribution is 2.12. The van der Waals surface area contributed by atoms with E-state index in [1.54, 1.807) is 30.1 Å². The van der Waals surface area contributed by atoms with E-state index < -0.39 is 0 Å². The SMILES string of the molecule is Cc1ccccc1CN(C)C(=O)c1cccc(NN)n1. The second kappa shape index (κ2) is 6.16. The molecule has 1 aromatic heterocycles. The second-order valence-corrected chi connectivity index (χ2v) is 4.64. The van der Waals surface area contributed by atoms with E-state index in [1.807, 2.05) is 31.2 Å². The van der Waals surface area contributed by atoms with Gasteiger partial charge in [0.1, 0.15) is 11.5 Å². The molecule has 0 saturated carbocycles. The fourth-order valence-corrected chi connectivity index (χ4v) is 1.94. The molecule has 1 heterocycles. The minimum Gasteiger partial charge on any atom is -0.336 e. The number of nitrogens with one attached hydrogen (secondary N) is 1. The molecule has 0 radical (unpaired) electrons. The summed E-state index contributed by atoms with van der Waals surface area (Å²) in [7, 11) is 1.76. The first-order valence-corrected chi connectivity index (χ1v) is 6.35. The number of pyridine rings is 1. The average Bonchev–Trinajstić information content (AvgIpc) is 2.48. The molecular weight excluding hydrogens is 252 g/mol. The summed E-state index contributed by atoms with van der Waals surface area (Å²) >= 11 is 0. The lowest BCUT2D eigenvalue weighted by Gasteiger charge is -2.18. The number of nitrogens with two attached hydrogens (primary N) is 1. The molecule has 0 fully saturated rings. The van der Waals surface area contributed by atoms with Crippen LogP contribution in [0, 0.1) is 6.92 Å². The van der Waals surface area contributed by atoms with Gasteiger partial charge in [0.15, 0.2) is 0 Å². The maximum Gasteiger partial charge on any atom is 0.272 e. The van der Waals surface area contributed by atoms with E-state index in [1.165, 1.54) is 0 Å². The van der Waals surface area contributed by atoms with E-state index in [9.17, 15) is 4.79 Å². The molecular formula is C15H18N4O. The third kappa shape index (κ3) is 3.13. The molecule has 2 rings (SSSR count). The molecule has 0 saturated heterocycles. The quantitative estimate of drug-likeness (QED) is 0.658. The summed E-state index contributed by atoms with van der Waals surface area (Å²) in [6.45, 7) is 2.58. The maximum atomic E-state index is 12.3. The van der Waals surface area contributed by atoms with Gasteiger partial charge in [-0.3, -0.25) is 4.79 Å². The first-order valence-electron chi connectivity index (χ1n) is 6.35. The molecule has 20 heavy (non-hydrogen) atoms. The Morgan fingerprint density at radius 3 is 2.70 bits per heavy atom. The van der Waals surface area contributed by atoms with E-state index >= 15 is 0 Å². The van der Waals surface area contributed by atoms with E-state index in [0.29, 0.717) is 18.1 Å². The number of hydrazine groups is 1. The first-order chi connectivity index (χ1) is 9.61. The van der Waals surface area contributed by atoms with Crippen molar-refractivity contribution in [2.24, 2.45) is 5.84 Å². The number of nitrogen functional groups attached to an aromatic ring is 1. The molecule has 1 amide bonds. The lowest BCUT2D eigenvalue weighted by molar-refractivity contribution is 0.0779. The average molecular weight is 270 g/mol. The number of hydrogen-bond acceptors (Lipinski definition) is 4. The Balaban J connectivity index is 2.14. The van der Waals surface area contributed by atoms with Crippen LogP contribution in [0.1, 0.15) is 21.6 Å². The van der Waals surface area contributed by atoms with Crippen LogP contribution in [0.3, 0.4) is 0 Å². The summed E-state index contributed by atoms with van der Waals surface area (Å²) in [6, 6.07) is 13.1. The van der Waals surface area contributed by atoms with Crippen molar-refractivity contribution in [2.75, 3.05) is 12.5 Å². The van der Waals surface area contributed by atoms with Crippen LogP contribution in [0.4, 0.5) is 5.82 Å². The normalized spacial score (nSPS) is 10.2.